The van der Waals surface area contributed by atoms with Crippen LogP contribution in [0.1, 0.15) is 0 Å². The molecule has 30 aromatic rings. The molecule has 0 aliphatic rings. The first kappa shape index (κ1) is 87.3. The molecule has 9 heterocycles. The largest absolute Gasteiger partial charge is 0.456 e. The number of hydrogen-bond donors (Lipinski definition) is 0. The highest BCUT2D eigenvalue weighted by molar-refractivity contribution is 6.15. The Kier molecular flexibility index (Phi) is 21.5. The molecule has 0 N–H and O–H groups in total. The summed E-state index contributed by atoms with van der Waals surface area (Å²) < 4.78 is 38.1. The SMILES string of the molecule is c1ccc(-c2cccc(-c3nc(-c4ccc5c(c4)oc4ccccc45)nc(-c4cc(-c5ccccc5)c5c(c4)oc4ccccc45)n3)c2)cc1.c1ccc(-c2cccc(-c3nc(-c4ccc5c(c4)oc4ccccc45)nc(-c4ccc5c(c4)oc4cc(-c6ccccc6)ccc45)n3)c2)cc1.c1ccc(-c2cccc(-c3nc(-c4ccc5c(c4)oc4ccccc45)nc(-c4ccc5c(c4)oc4ccc(-c6ccccc6)cc45)n3)c2)cc1. The van der Waals surface area contributed by atoms with Crippen molar-refractivity contribution in [2.75, 3.05) is 0 Å². The highest BCUT2D eigenvalue weighted by Crippen LogP contribution is 2.46. The summed E-state index contributed by atoms with van der Waals surface area (Å²) in [5, 5.41) is 12.8. The molecule has 15 nitrogen and oxygen atoms in total. The molecule has 702 valence electrons. The van der Waals surface area contributed by atoms with Crippen molar-refractivity contribution >= 4 is 132 Å². The van der Waals surface area contributed by atoms with Crippen LogP contribution in [0.2, 0.25) is 0 Å². The van der Waals surface area contributed by atoms with E-state index in [1.54, 1.807) is 0 Å². The molecule has 0 spiro atoms. The Labute approximate surface area is 857 Å². The van der Waals surface area contributed by atoms with E-state index in [0.29, 0.717) is 52.4 Å². The normalized spacial score (nSPS) is 11.6. The van der Waals surface area contributed by atoms with E-state index in [1.807, 2.05) is 224 Å². The molecule has 0 radical (unpaired) electrons. The average molecular weight is 1930 g/mol. The number of rotatable bonds is 15. The molecule has 21 aromatic carbocycles. The minimum absolute atomic E-state index is 0.555. The van der Waals surface area contributed by atoms with Crippen LogP contribution in [0.3, 0.4) is 0 Å². The van der Waals surface area contributed by atoms with Gasteiger partial charge in [-0.1, -0.05) is 352 Å². The van der Waals surface area contributed by atoms with Crippen molar-refractivity contribution in [1.82, 2.24) is 44.9 Å². The molecule has 0 unspecified atom stereocenters. The second-order valence-corrected chi connectivity index (χ2v) is 37.3. The Morgan fingerprint density at radius 2 is 0.293 bits per heavy atom. The van der Waals surface area contributed by atoms with Crippen LogP contribution in [0, 0.1) is 0 Å². The lowest BCUT2D eigenvalue weighted by molar-refractivity contribution is 0.668. The van der Waals surface area contributed by atoms with Crippen LogP contribution in [0.5, 0.6) is 0 Å². The van der Waals surface area contributed by atoms with Gasteiger partial charge < -0.3 is 26.5 Å². The average Bonchev–Trinajstić information content (AvgIpc) is 1.57. The first-order chi connectivity index (χ1) is 74.2. The number of nitrogens with zero attached hydrogens (tertiary/aromatic N) is 9. The Morgan fingerprint density at radius 3 is 0.620 bits per heavy atom. The van der Waals surface area contributed by atoms with Crippen molar-refractivity contribution < 1.29 is 26.5 Å². The molecule has 15 heteroatoms. The summed E-state index contributed by atoms with van der Waals surface area (Å²) in [6.07, 6.45) is 0. The first-order valence-electron chi connectivity index (χ1n) is 49.8. The topological polar surface area (TPSA) is 195 Å². The number of para-hydroxylation sites is 4. The summed E-state index contributed by atoms with van der Waals surface area (Å²) in [5.41, 5.74) is 30.9. The zero-order valence-corrected chi connectivity index (χ0v) is 80.2. The smallest absolute Gasteiger partial charge is 0.164 e. The fourth-order valence-corrected chi connectivity index (χ4v) is 20.6. The van der Waals surface area contributed by atoms with Gasteiger partial charge in [-0.3, -0.25) is 0 Å². The molecular weight excluding hydrogens is 1840 g/mol. The molecule has 30 rings (SSSR count). The predicted molar refractivity (Wildman–Crippen MR) is 605 cm³/mol. The maximum atomic E-state index is 6.46. The van der Waals surface area contributed by atoms with Crippen molar-refractivity contribution in [3.8, 4) is 169 Å². The van der Waals surface area contributed by atoms with E-state index in [4.69, 9.17) is 71.4 Å². The van der Waals surface area contributed by atoms with Crippen LogP contribution >= 0.6 is 0 Å². The quantitative estimate of drug-likeness (QED) is 0.0939. The molecule has 0 atom stereocenters. The van der Waals surface area contributed by atoms with E-state index >= 15 is 0 Å². The summed E-state index contributed by atoms with van der Waals surface area (Å²) >= 11 is 0. The van der Waals surface area contributed by atoms with Crippen LogP contribution in [-0.4, -0.2) is 44.9 Å². The molecule has 0 fully saturated rings. The maximum absolute atomic E-state index is 6.46. The van der Waals surface area contributed by atoms with Crippen LogP contribution < -0.4 is 0 Å². The van der Waals surface area contributed by atoms with Crippen molar-refractivity contribution in [1.29, 1.82) is 0 Å². The van der Waals surface area contributed by atoms with Gasteiger partial charge >= 0.3 is 0 Å². The summed E-state index contributed by atoms with van der Waals surface area (Å²) in [6, 6.07) is 167. The van der Waals surface area contributed by atoms with Crippen LogP contribution in [0.15, 0.2) is 518 Å². The van der Waals surface area contributed by atoms with Crippen molar-refractivity contribution in [3.63, 3.8) is 0 Å². The van der Waals surface area contributed by atoms with Crippen molar-refractivity contribution in [3.05, 3.63) is 491 Å². The molecule has 0 bridgehead atoms. The molecular formula is C135H81N9O6. The van der Waals surface area contributed by atoms with Crippen molar-refractivity contribution in [2.45, 2.75) is 0 Å². The summed E-state index contributed by atoms with van der Waals surface area (Å²) in [5.74, 6) is 5.12. The standard InChI is InChI=1S/3C45H27N3O2/c1-3-12-28(13-4-1)30-16-11-17-31(24-30)43-46-44(32-22-23-35-34-18-7-9-20-38(34)49-40(35)26-32)48-45(47-43)33-25-37(29-14-5-2-6-15-29)42-36-19-8-10-21-39(36)50-41(42)27-33;1-3-10-28(11-4-1)30-14-9-15-32(24-30)43-46-44(33-18-21-36-35-16-7-8-17-39(35)49-41(36)26-33)48-45(47-43)34-19-22-37-38-25-31(29-12-5-2-6-13-29)20-23-40(38)50-42(37)27-34;1-3-10-28(11-4-1)30-14-9-15-32(24-30)43-46-44(33-19-22-36-35-16-7-8-17-39(35)49-41(36)26-33)48-45(47-43)34-20-23-38-37-21-18-31(29-12-5-2-6-13-29)25-40(37)50-42(38)27-34/h3*1-27H. The highest BCUT2D eigenvalue weighted by Gasteiger charge is 2.25. The van der Waals surface area contributed by atoms with E-state index in [9.17, 15) is 0 Å². The molecule has 0 aliphatic carbocycles. The Bertz CT molecular complexity index is 10300. The van der Waals surface area contributed by atoms with E-state index in [1.165, 1.54) is 5.56 Å². The third kappa shape index (κ3) is 16.4. The number of fused-ring (bicyclic) bond motifs is 18. The summed E-state index contributed by atoms with van der Waals surface area (Å²) in [7, 11) is 0. The van der Waals surface area contributed by atoms with E-state index in [0.717, 1.165) is 243 Å². The predicted octanol–water partition coefficient (Wildman–Crippen LogP) is 36.0. The Balaban J connectivity index is 0.000000108. The molecule has 0 saturated carbocycles. The summed E-state index contributed by atoms with van der Waals surface area (Å²) in [6.45, 7) is 0. The van der Waals surface area contributed by atoms with Crippen LogP contribution in [-0.2, 0) is 0 Å². The van der Waals surface area contributed by atoms with E-state index in [2.05, 4.69) is 267 Å². The van der Waals surface area contributed by atoms with Gasteiger partial charge in [-0.25, -0.2) is 44.9 Å². The molecule has 0 amide bonds. The molecule has 0 aliphatic heterocycles. The van der Waals surface area contributed by atoms with Crippen LogP contribution in [0.25, 0.3) is 301 Å². The second kappa shape index (κ2) is 37.0. The van der Waals surface area contributed by atoms with Gasteiger partial charge in [0.1, 0.15) is 67.0 Å². The third-order valence-electron chi connectivity index (χ3n) is 28.0. The number of aromatic nitrogens is 9. The maximum Gasteiger partial charge on any atom is 0.164 e. The Hall–Kier alpha value is -20.6. The minimum Gasteiger partial charge on any atom is -0.456 e. The van der Waals surface area contributed by atoms with Gasteiger partial charge in [-0.15, -0.1) is 0 Å². The monoisotopic (exact) mass is 1920 g/mol. The van der Waals surface area contributed by atoms with Crippen LogP contribution in [0.4, 0.5) is 0 Å². The van der Waals surface area contributed by atoms with Gasteiger partial charge in [0.15, 0.2) is 52.4 Å². The van der Waals surface area contributed by atoms with Gasteiger partial charge in [0.25, 0.3) is 0 Å². The fraction of sp³-hybridized carbons (Fsp3) is 0. The lowest BCUT2D eigenvalue weighted by Gasteiger charge is -2.11. The number of benzene rings is 21. The zero-order chi connectivity index (χ0) is 99.1. The third-order valence-corrected chi connectivity index (χ3v) is 28.0. The van der Waals surface area contributed by atoms with Gasteiger partial charge in [0, 0.05) is 115 Å². The molecule has 150 heavy (non-hydrogen) atoms. The second-order valence-electron chi connectivity index (χ2n) is 37.3. The van der Waals surface area contributed by atoms with Gasteiger partial charge in [0.05, 0.1) is 0 Å². The van der Waals surface area contributed by atoms with Gasteiger partial charge in [-0.2, -0.15) is 0 Å². The molecule has 0 saturated heterocycles. The molecule has 9 aromatic heterocycles. The number of hydrogen-bond acceptors (Lipinski definition) is 15. The highest BCUT2D eigenvalue weighted by atomic mass is 16.3. The lowest BCUT2D eigenvalue weighted by Crippen LogP contribution is -2.00. The zero-order valence-electron chi connectivity index (χ0n) is 80.2. The number of furan rings is 6. The van der Waals surface area contributed by atoms with Gasteiger partial charge in [-0.05, 0) is 206 Å². The van der Waals surface area contributed by atoms with E-state index < -0.39 is 0 Å². The Morgan fingerprint density at radius 1 is 0.100 bits per heavy atom. The fourth-order valence-electron chi connectivity index (χ4n) is 20.6. The minimum atomic E-state index is 0.555. The van der Waals surface area contributed by atoms with Crippen molar-refractivity contribution in [2.24, 2.45) is 0 Å². The summed E-state index contributed by atoms with van der Waals surface area (Å²) in [4.78, 5) is 45.7. The van der Waals surface area contributed by atoms with E-state index in [-0.39, 0.29) is 0 Å². The first-order valence-corrected chi connectivity index (χ1v) is 49.8. The lowest BCUT2D eigenvalue weighted by atomic mass is 9.96. The van der Waals surface area contributed by atoms with Gasteiger partial charge in [0.2, 0.25) is 0 Å².